The zero-order valence-electron chi connectivity index (χ0n) is 21.3. The van der Waals surface area contributed by atoms with Crippen molar-refractivity contribution in [1.29, 1.82) is 0 Å². The van der Waals surface area contributed by atoms with Crippen molar-refractivity contribution in [3.05, 3.63) is 58.1 Å². The van der Waals surface area contributed by atoms with Crippen LogP contribution in [-0.2, 0) is 10.0 Å². The molecule has 186 valence electrons. The van der Waals surface area contributed by atoms with Gasteiger partial charge in [-0.05, 0) is 86.1 Å². The number of hydrogen-bond acceptors (Lipinski definition) is 4. The first kappa shape index (κ1) is 26.2. The van der Waals surface area contributed by atoms with Crippen molar-refractivity contribution in [2.24, 2.45) is 0 Å². The molecule has 0 aliphatic carbocycles. The monoisotopic (exact) mass is 486 g/mol. The van der Waals surface area contributed by atoms with Crippen molar-refractivity contribution in [2.45, 2.75) is 77.2 Å². The Labute approximate surface area is 204 Å². The summed E-state index contributed by atoms with van der Waals surface area (Å²) in [6.45, 7) is 11.0. The van der Waals surface area contributed by atoms with Gasteiger partial charge in [0.15, 0.2) is 0 Å². The van der Waals surface area contributed by atoms with Crippen molar-refractivity contribution in [2.75, 3.05) is 20.2 Å². The molecule has 2 aromatic rings. The molecule has 1 aliphatic rings. The number of carbonyl (C=O) groups is 1. The topological polar surface area (TPSA) is 75.7 Å². The number of ether oxygens (including phenoxy) is 1. The Morgan fingerprint density at radius 3 is 2.18 bits per heavy atom. The Morgan fingerprint density at radius 1 is 0.941 bits per heavy atom. The minimum atomic E-state index is -3.64. The van der Waals surface area contributed by atoms with E-state index < -0.39 is 10.0 Å². The van der Waals surface area contributed by atoms with Crippen LogP contribution in [0.1, 0.15) is 91.0 Å². The van der Waals surface area contributed by atoms with Crippen LogP contribution >= 0.6 is 0 Å². The van der Waals surface area contributed by atoms with E-state index >= 15 is 0 Å². The van der Waals surface area contributed by atoms with Crippen LogP contribution in [0.25, 0.3) is 0 Å². The molecule has 0 saturated carbocycles. The molecular formula is C27H38N2O4S. The third kappa shape index (κ3) is 5.63. The van der Waals surface area contributed by atoms with E-state index in [2.05, 4.69) is 25.2 Å². The number of benzene rings is 2. The molecule has 3 rings (SSSR count). The number of nitrogens with zero attached hydrogens (tertiary/aromatic N) is 1. The van der Waals surface area contributed by atoms with Gasteiger partial charge in [0.2, 0.25) is 10.0 Å². The summed E-state index contributed by atoms with van der Waals surface area (Å²) in [4.78, 5) is 13.4. The van der Waals surface area contributed by atoms with Crippen molar-refractivity contribution in [3.8, 4) is 5.75 Å². The molecular weight excluding hydrogens is 448 g/mol. The standard InChI is InChI=1S/C27H38N2O4S/c1-18(2)23-17-24(20(4)15-25(23)33-6)21(5)28-27(30)22-12-11-19(3)26(16-22)34(31,32)29-13-9-7-8-10-14-29/h11-12,15-18,21H,7-10,13-14H2,1-6H3,(H,28,30)/t21-/m1/s1. The molecule has 0 radical (unpaired) electrons. The summed E-state index contributed by atoms with van der Waals surface area (Å²) in [5.74, 6) is 0.832. The van der Waals surface area contributed by atoms with Crippen LogP contribution < -0.4 is 10.1 Å². The molecule has 1 N–H and O–H groups in total. The number of sulfonamides is 1. The minimum Gasteiger partial charge on any atom is -0.496 e. The highest BCUT2D eigenvalue weighted by atomic mass is 32.2. The van der Waals surface area contributed by atoms with E-state index in [9.17, 15) is 13.2 Å². The SMILES string of the molecule is COc1cc(C)c([C@@H](C)NC(=O)c2ccc(C)c(S(=O)(=O)N3CCCCCC3)c2)cc1C(C)C. The van der Waals surface area contributed by atoms with Crippen LogP contribution in [0.15, 0.2) is 35.2 Å². The van der Waals surface area contributed by atoms with Gasteiger partial charge in [-0.2, -0.15) is 4.31 Å². The lowest BCUT2D eigenvalue weighted by molar-refractivity contribution is 0.0939. The van der Waals surface area contributed by atoms with Gasteiger partial charge in [-0.3, -0.25) is 4.79 Å². The number of amides is 1. The van der Waals surface area contributed by atoms with Gasteiger partial charge in [0.25, 0.3) is 5.91 Å². The van der Waals surface area contributed by atoms with Crippen LogP contribution in [0.3, 0.4) is 0 Å². The van der Waals surface area contributed by atoms with Gasteiger partial charge in [-0.1, -0.05) is 32.8 Å². The molecule has 1 fully saturated rings. The van der Waals surface area contributed by atoms with Crippen molar-refractivity contribution in [3.63, 3.8) is 0 Å². The number of methoxy groups -OCH3 is 1. The van der Waals surface area contributed by atoms with Gasteiger partial charge in [-0.15, -0.1) is 0 Å². The maximum absolute atomic E-state index is 13.4. The fraction of sp³-hybridized carbons (Fsp3) is 0.519. The van der Waals surface area contributed by atoms with Gasteiger partial charge >= 0.3 is 0 Å². The van der Waals surface area contributed by atoms with Crippen molar-refractivity contribution >= 4 is 15.9 Å². The Morgan fingerprint density at radius 2 is 1.59 bits per heavy atom. The normalized spacial score (nSPS) is 16.2. The zero-order chi connectivity index (χ0) is 25.0. The van der Waals surface area contributed by atoms with E-state index in [-0.39, 0.29) is 22.8 Å². The quantitative estimate of drug-likeness (QED) is 0.561. The summed E-state index contributed by atoms with van der Waals surface area (Å²) in [7, 11) is -1.98. The summed E-state index contributed by atoms with van der Waals surface area (Å²) in [5.41, 5.74) is 4.14. The maximum atomic E-state index is 13.4. The van der Waals surface area contributed by atoms with E-state index in [1.54, 1.807) is 30.5 Å². The smallest absolute Gasteiger partial charge is 0.251 e. The number of rotatable bonds is 7. The minimum absolute atomic E-state index is 0.220. The Kier molecular flexibility index (Phi) is 8.42. The van der Waals surface area contributed by atoms with Crippen molar-refractivity contribution < 1.29 is 17.9 Å². The highest BCUT2D eigenvalue weighted by Crippen LogP contribution is 2.32. The first-order valence-electron chi connectivity index (χ1n) is 12.2. The molecule has 1 heterocycles. The predicted molar refractivity (Wildman–Crippen MR) is 136 cm³/mol. The van der Waals surface area contributed by atoms with Gasteiger partial charge in [-0.25, -0.2) is 8.42 Å². The van der Waals surface area contributed by atoms with Crippen LogP contribution in [0.2, 0.25) is 0 Å². The summed E-state index contributed by atoms with van der Waals surface area (Å²) in [6.07, 6.45) is 3.84. The summed E-state index contributed by atoms with van der Waals surface area (Å²) < 4.78 is 33.8. The summed E-state index contributed by atoms with van der Waals surface area (Å²) in [5, 5.41) is 3.06. The fourth-order valence-electron chi connectivity index (χ4n) is 4.61. The van der Waals surface area contributed by atoms with Crippen LogP contribution in [0.4, 0.5) is 0 Å². The summed E-state index contributed by atoms with van der Waals surface area (Å²) >= 11 is 0. The van der Waals surface area contributed by atoms with E-state index in [1.807, 2.05) is 19.9 Å². The van der Waals surface area contributed by atoms with E-state index in [4.69, 9.17) is 4.74 Å². The van der Waals surface area contributed by atoms with Crippen LogP contribution in [0.5, 0.6) is 5.75 Å². The second kappa shape index (κ2) is 10.9. The number of carbonyl (C=O) groups excluding carboxylic acids is 1. The average molecular weight is 487 g/mol. The van der Waals surface area contributed by atoms with Gasteiger partial charge in [0.1, 0.15) is 5.75 Å². The third-order valence-electron chi connectivity index (χ3n) is 6.69. The molecule has 1 saturated heterocycles. The van der Waals surface area contributed by atoms with Crippen molar-refractivity contribution in [1.82, 2.24) is 9.62 Å². The first-order valence-corrected chi connectivity index (χ1v) is 13.6. The average Bonchev–Trinajstić information content (AvgIpc) is 3.08. The lowest BCUT2D eigenvalue weighted by atomic mass is 9.93. The molecule has 0 spiro atoms. The lowest BCUT2D eigenvalue weighted by Crippen LogP contribution is -2.33. The lowest BCUT2D eigenvalue weighted by Gasteiger charge is -2.22. The Hall–Kier alpha value is -2.38. The molecule has 1 atom stereocenters. The molecule has 0 bridgehead atoms. The predicted octanol–water partition coefficient (Wildman–Crippen LogP) is 5.49. The number of hydrogen-bond donors (Lipinski definition) is 1. The molecule has 7 heteroatoms. The fourth-order valence-corrected chi connectivity index (χ4v) is 6.38. The number of aryl methyl sites for hydroxylation is 2. The molecule has 1 aliphatic heterocycles. The highest BCUT2D eigenvalue weighted by molar-refractivity contribution is 7.89. The van der Waals surface area contributed by atoms with Crippen LogP contribution in [0, 0.1) is 13.8 Å². The molecule has 6 nitrogen and oxygen atoms in total. The van der Waals surface area contributed by atoms with Crippen LogP contribution in [-0.4, -0.2) is 38.8 Å². The van der Waals surface area contributed by atoms with Gasteiger partial charge in [0, 0.05) is 18.7 Å². The van der Waals surface area contributed by atoms with E-state index in [0.29, 0.717) is 24.2 Å². The van der Waals surface area contributed by atoms with E-state index in [0.717, 1.165) is 48.1 Å². The summed E-state index contributed by atoms with van der Waals surface area (Å²) in [6, 6.07) is 8.79. The zero-order valence-corrected chi connectivity index (χ0v) is 22.1. The Bertz CT molecular complexity index is 1130. The Balaban J connectivity index is 1.87. The second-order valence-electron chi connectivity index (χ2n) is 9.60. The highest BCUT2D eigenvalue weighted by Gasteiger charge is 2.28. The molecule has 1 amide bonds. The molecule has 34 heavy (non-hydrogen) atoms. The molecule has 0 unspecified atom stereocenters. The maximum Gasteiger partial charge on any atom is 0.251 e. The number of nitrogens with one attached hydrogen (secondary N) is 1. The van der Waals surface area contributed by atoms with E-state index in [1.165, 1.54) is 6.07 Å². The largest absolute Gasteiger partial charge is 0.496 e. The third-order valence-corrected chi connectivity index (χ3v) is 8.73. The van der Waals surface area contributed by atoms with Gasteiger partial charge in [0.05, 0.1) is 18.0 Å². The molecule has 0 aromatic heterocycles. The first-order chi connectivity index (χ1) is 16.1. The molecule has 2 aromatic carbocycles. The van der Waals surface area contributed by atoms with Gasteiger partial charge < -0.3 is 10.1 Å². The second-order valence-corrected chi connectivity index (χ2v) is 11.5.